The van der Waals surface area contributed by atoms with Crippen LogP contribution in [-0.4, -0.2) is 13.4 Å². The quantitative estimate of drug-likeness (QED) is 0.737. The molecule has 124 valence electrons. The van der Waals surface area contributed by atoms with Crippen LogP contribution >= 0.6 is 0 Å². The van der Waals surface area contributed by atoms with Crippen molar-refractivity contribution in [3.8, 4) is 0 Å². The molecule has 1 N–H and O–H groups in total. The molecule has 1 aromatic heterocycles. The monoisotopic (exact) mass is 336 g/mol. The summed E-state index contributed by atoms with van der Waals surface area (Å²) in [5.41, 5.74) is 1.12. The van der Waals surface area contributed by atoms with Crippen molar-refractivity contribution in [1.82, 2.24) is 4.98 Å². The summed E-state index contributed by atoms with van der Waals surface area (Å²) in [5.74, 6) is -0.421. The molecule has 1 aromatic carbocycles. The summed E-state index contributed by atoms with van der Waals surface area (Å²) in [6, 6.07) is 9.28. The minimum absolute atomic E-state index is 0.0926. The van der Waals surface area contributed by atoms with Crippen LogP contribution < -0.4 is 4.72 Å². The highest BCUT2D eigenvalue weighted by Gasteiger charge is 2.14. The Morgan fingerprint density at radius 2 is 1.78 bits per heavy atom. The van der Waals surface area contributed by atoms with Crippen molar-refractivity contribution in [2.45, 2.75) is 43.9 Å². The minimum Gasteiger partial charge on any atom is -0.263 e. The van der Waals surface area contributed by atoms with Crippen LogP contribution in [0, 0.1) is 5.82 Å². The van der Waals surface area contributed by atoms with Crippen molar-refractivity contribution < 1.29 is 12.8 Å². The number of benzene rings is 1. The fourth-order valence-corrected chi connectivity index (χ4v) is 3.23. The molecule has 0 radical (unpaired) electrons. The molecule has 0 amide bonds. The average Bonchev–Trinajstić information content (AvgIpc) is 2.54. The van der Waals surface area contributed by atoms with E-state index in [1.54, 1.807) is 12.1 Å². The van der Waals surface area contributed by atoms with E-state index in [1.165, 1.54) is 25.3 Å². The van der Waals surface area contributed by atoms with Gasteiger partial charge in [0.2, 0.25) is 0 Å². The van der Waals surface area contributed by atoms with Crippen LogP contribution in [0.3, 0.4) is 0 Å². The Hall–Kier alpha value is -1.95. The maximum atomic E-state index is 12.8. The van der Waals surface area contributed by atoms with E-state index in [4.69, 9.17) is 0 Å². The summed E-state index contributed by atoms with van der Waals surface area (Å²) in [6.07, 6.45) is 6.64. The van der Waals surface area contributed by atoms with Crippen LogP contribution in [0.25, 0.3) is 0 Å². The summed E-state index contributed by atoms with van der Waals surface area (Å²) >= 11 is 0. The van der Waals surface area contributed by atoms with Gasteiger partial charge in [0, 0.05) is 0 Å². The lowest BCUT2D eigenvalue weighted by atomic mass is 10.1. The van der Waals surface area contributed by atoms with Crippen molar-refractivity contribution in [3.63, 3.8) is 0 Å². The Bertz CT molecular complexity index is 713. The number of hydrogen-bond acceptors (Lipinski definition) is 3. The second-order valence-electron chi connectivity index (χ2n) is 5.42. The Labute approximate surface area is 136 Å². The number of sulfonamides is 1. The number of hydrogen-bond donors (Lipinski definition) is 1. The largest absolute Gasteiger partial charge is 0.263 e. The highest BCUT2D eigenvalue weighted by Crippen LogP contribution is 2.16. The van der Waals surface area contributed by atoms with Gasteiger partial charge in [-0.1, -0.05) is 38.3 Å². The molecule has 4 nitrogen and oxygen atoms in total. The molecule has 0 atom stereocenters. The maximum Gasteiger partial charge on any atom is 0.263 e. The first kappa shape index (κ1) is 17.4. The van der Waals surface area contributed by atoms with Gasteiger partial charge in [0.05, 0.1) is 11.1 Å². The van der Waals surface area contributed by atoms with E-state index in [-0.39, 0.29) is 10.7 Å². The molecule has 0 fully saturated rings. The number of nitrogens with zero attached hydrogens (tertiary/aromatic N) is 1. The molecule has 2 rings (SSSR count). The molecule has 0 saturated heterocycles. The summed E-state index contributed by atoms with van der Waals surface area (Å²) in [4.78, 5) is 3.87. The number of anilines is 1. The summed E-state index contributed by atoms with van der Waals surface area (Å²) < 4.78 is 39.6. The normalized spacial score (nSPS) is 11.4. The predicted molar refractivity (Wildman–Crippen MR) is 89.3 cm³/mol. The van der Waals surface area contributed by atoms with Crippen LogP contribution in [0.4, 0.5) is 10.2 Å². The molecule has 0 unspecified atom stereocenters. The molecule has 0 spiro atoms. The summed E-state index contributed by atoms with van der Waals surface area (Å²) in [6.45, 7) is 2.17. The van der Waals surface area contributed by atoms with Crippen molar-refractivity contribution in [2.24, 2.45) is 0 Å². The van der Waals surface area contributed by atoms with E-state index < -0.39 is 15.8 Å². The van der Waals surface area contributed by atoms with E-state index in [0.29, 0.717) is 0 Å². The second-order valence-corrected chi connectivity index (χ2v) is 7.10. The summed E-state index contributed by atoms with van der Waals surface area (Å²) in [5, 5.41) is 0. The Kier molecular flexibility index (Phi) is 6.10. The highest BCUT2D eigenvalue weighted by atomic mass is 32.2. The fraction of sp³-hybridized carbons (Fsp3) is 0.353. The zero-order valence-corrected chi connectivity index (χ0v) is 13.9. The van der Waals surface area contributed by atoms with Crippen molar-refractivity contribution in [3.05, 3.63) is 54.0 Å². The van der Waals surface area contributed by atoms with Gasteiger partial charge in [-0.15, -0.1) is 0 Å². The van der Waals surface area contributed by atoms with Crippen LogP contribution in [-0.2, 0) is 16.4 Å². The van der Waals surface area contributed by atoms with Gasteiger partial charge < -0.3 is 0 Å². The third-order valence-electron chi connectivity index (χ3n) is 3.52. The number of aryl methyl sites for hydroxylation is 1. The van der Waals surface area contributed by atoms with E-state index in [9.17, 15) is 12.8 Å². The molecular formula is C17H21FN2O2S. The number of rotatable bonds is 8. The van der Waals surface area contributed by atoms with E-state index in [2.05, 4.69) is 16.6 Å². The van der Waals surface area contributed by atoms with E-state index >= 15 is 0 Å². The zero-order chi connectivity index (χ0) is 16.7. The van der Waals surface area contributed by atoms with Gasteiger partial charge in [0.25, 0.3) is 10.0 Å². The molecular weight excluding hydrogens is 315 g/mol. The third kappa shape index (κ3) is 5.32. The van der Waals surface area contributed by atoms with Crippen LogP contribution in [0.2, 0.25) is 0 Å². The van der Waals surface area contributed by atoms with E-state index in [1.807, 2.05) is 12.1 Å². The number of aromatic nitrogens is 1. The van der Waals surface area contributed by atoms with Gasteiger partial charge in [-0.25, -0.2) is 17.8 Å². The molecule has 6 heteroatoms. The molecule has 0 saturated carbocycles. The topological polar surface area (TPSA) is 59.1 Å². The molecule has 1 heterocycles. The first-order valence-electron chi connectivity index (χ1n) is 7.74. The highest BCUT2D eigenvalue weighted by molar-refractivity contribution is 7.92. The lowest BCUT2D eigenvalue weighted by Crippen LogP contribution is -2.13. The number of pyridine rings is 1. The lowest BCUT2D eigenvalue weighted by Gasteiger charge is -2.08. The van der Waals surface area contributed by atoms with Crippen LogP contribution in [0.1, 0.15) is 38.2 Å². The van der Waals surface area contributed by atoms with Crippen molar-refractivity contribution in [2.75, 3.05) is 4.72 Å². The Balaban J connectivity index is 2.01. The van der Waals surface area contributed by atoms with Crippen molar-refractivity contribution >= 4 is 15.8 Å². The van der Waals surface area contributed by atoms with Gasteiger partial charge in [-0.2, -0.15) is 0 Å². The standard InChI is InChI=1S/C17H21FN2O2S/c1-2-3-4-5-6-14-7-10-16(11-8-14)23(21,22)20-17-12-9-15(18)13-19-17/h7-13H,2-6H2,1H3,(H,19,20). The van der Waals surface area contributed by atoms with Crippen LogP contribution in [0.15, 0.2) is 47.5 Å². The molecule has 0 aliphatic heterocycles. The van der Waals surface area contributed by atoms with Crippen LogP contribution in [0.5, 0.6) is 0 Å². The van der Waals surface area contributed by atoms with Gasteiger partial charge in [-0.3, -0.25) is 4.72 Å². The zero-order valence-electron chi connectivity index (χ0n) is 13.1. The van der Waals surface area contributed by atoms with Gasteiger partial charge in [0.1, 0.15) is 11.6 Å². The average molecular weight is 336 g/mol. The molecule has 0 aliphatic rings. The minimum atomic E-state index is -3.71. The van der Waals surface area contributed by atoms with E-state index in [0.717, 1.165) is 30.7 Å². The second kappa shape index (κ2) is 8.06. The smallest absolute Gasteiger partial charge is 0.263 e. The molecule has 2 aromatic rings. The summed E-state index contributed by atoms with van der Waals surface area (Å²) in [7, 11) is -3.71. The number of unbranched alkanes of at least 4 members (excludes halogenated alkanes) is 3. The Morgan fingerprint density at radius 3 is 2.39 bits per heavy atom. The SMILES string of the molecule is CCCCCCc1ccc(S(=O)(=O)Nc2ccc(F)cn2)cc1. The van der Waals surface area contributed by atoms with Crippen molar-refractivity contribution in [1.29, 1.82) is 0 Å². The predicted octanol–water partition coefficient (Wildman–Crippen LogP) is 4.14. The van der Waals surface area contributed by atoms with Gasteiger partial charge >= 0.3 is 0 Å². The number of nitrogens with one attached hydrogen (secondary N) is 1. The lowest BCUT2D eigenvalue weighted by molar-refractivity contribution is 0.600. The first-order valence-corrected chi connectivity index (χ1v) is 9.23. The molecule has 23 heavy (non-hydrogen) atoms. The maximum absolute atomic E-state index is 12.8. The Morgan fingerprint density at radius 1 is 1.04 bits per heavy atom. The van der Waals surface area contributed by atoms with Gasteiger partial charge in [0.15, 0.2) is 0 Å². The first-order chi connectivity index (χ1) is 11.0. The van der Waals surface area contributed by atoms with Gasteiger partial charge in [-0.05, 0) is 42.7 Å². The molecule has 0 bridgehead atoms. The molecule has 0 aliphatic carbocycles. The third-order valence-corrected chi connectivity index (χ3v) is 4.89. The number of halogens is 1. The fourth-order valence-electron chi connectivity index (χ4n) is 2.22.